The molecule has 0 aliphatic heterocycles. The number of benzene rings is 1. The smallest absolute Gasteiger partial charge is 0.194 e. The number of hydrogen-bond donors (Lipinski definition) is 0. The van der Waals surface area contributed by atoms with E-state index in [2.05, 4.69) is 44.0 Å². The minimum absolute atomic E-state index is 0.625. The molecule has 3 nitrogen and oxygen atoms in total. The van der Waals surface area contributed by atoms with Gasteiger partial charge in [0.2, 0.25) is 0 Å². The van der Waals surface area contributed by atoms with Gasteiger partial charge in [-0.2, -0.15) is 0 Å². The number of thiazole rings is 1. The Labute approximate surface area is 121 Å². The van der Waals surface area contributed by atoms with Crippen molar-refractivity contribution in [2.75, 3.05) is 0 Å². The monoisotopic (exact) mass is 284 g/mol. The molecule has 0 N–H and O–H groups in total. The molecule has 3 rings (SSSR count). The van der Waals surface area contributed by atoms with E-state index >= 15 is 0 Å². The van der Waals surface area contributed by atoms with Crippen LogP contribution in [0.5, 0.6) is 0 Å². The third-order valence-electron chi connectivity index (χ3n) is 3.77. The number of aldehydes is 1. The van der Waals surface area contributed by atoms with E-state index in [-0.39, 0.29) is 0 Å². The van der Waals surface area contributed by atoms with Gasteiger partial charge in [0.1, 0.15) is 5.69 Å². The highest BCUT2D eigenvalue weighted by Gasteiger charge is 2.13. The fourth-order valence-electron chi connectivity index (χ4n) is 2.41. The SMILES string of the molecule is Cc1ccc(Cc2sc3ncc(C=O)n3c2C)cc1C. The number of carbonyl (C=O) groups excluding carboxylic acids is 1. The molecule has 4 heteroatoms. The maximum Gasteiger partial charge on any atom is 0.194 e. The first kappa shape index (κ1) is 13.1. The van der Waals surface area contributed by atoms with Crippen LogP contribution < -0.4 is 0 Å². The number of carbonyl (C=O) groups is 1. The van der Waals surface area contributed by atoms with Gasteiger partial charge in [-0.1, -0.05) is 18.2 Å². The number of nitrogens with zero attached hydrogens (tertiary/aromatic N) is 2. The van der Waals surface area contributed by atoms with Gasteiger partial charge in [0.15, 0.2) is 11.2 Å². The molecule has 2 heterocycles. The van der Waals surface area contributed by atoms with Crippen molar-refractivity contribution in [2.45, 2.75) is 27.2 Å². The van der Waals surface area contributed by atoms with Crippen LogP contribution in [-0.4, -0.2) is 15.7 Å². The Morgan fingerprint density at radius 1 is 1.25 bits per heavy atom. The van der Waals surface area contributed by atoms with Crippen LogP contribution in [0.2, 0.25) is 0 Å². The van der Waals surface area contributed by atoms with Crippen molar-refractivity contribution in [3.63, 3.8) is 0 Å². The van der Waals surface area contributed by atoms with Crippen LogP contribution in [0.4, 0.5) is 0 Å². The van der Waals surface area contributed by atoms with Crippen LogP contribution in [-0.2, 0) is 6.42 Å². The van der Waals surface area contributed by atoms with Crippen molar-refractivity contribution < 1.29 is 4.79 Å². The van der Waals surface area contributed by atoms with Gasteiger partial charge in [-0.3, -0.25) is 9.20 Å². The summed E-state index contributed by atoms with van der Waals surface area (Å²) in [6.45, 7) is 6.31. The third kappa shape index (κ3) is 2.06. The van der Waals surface area contributed by atoms with Crippen molar-refractivity contribution in [2.24, 2.45) is 0 Å². The summed E-state index contributed by atoms with van der Waals surface area (Å²) in [6, 6.07) is 6.57. The van der Waals surface area contributed by atoms with Crippen LogP contribution in [0, 0.1) is 20.8 Å². The van der Waals surface area contributed by atoms with Gasteiger partial charge in [-0.05, 0) is 37.5 Å². The van der Waals surface area contributed by atoms with Gasteiger partial charge in [-0.25, -0.2) is 4.98 Å². The standard InChI is InChI=1S/C16H16N2OS/c1-10-4-5-13(6-11(10)2)7-15-12(3)18-14(9-19)8-17-16(18)20-15/h4-6,8-9H,7H2,1-3H3. The summed E-state index contributed by atoms with van der Waals surface area (Å²) in [5.41, 5.74) is 5.67. The molecular weight excluding hydrogens is 268 g/mol. The number of imidazole rings is 1. The molecule has 0 saturated carbocycles. The number of fused-ring (bicyclic) bond motifs is 1. The highest BCUT2D eigenvalue weighted by atomic mass is 32.1. The number of rotatable bonds is 3. The molecule has 0 saturated heterocycles. The Kier molecular flexibility index (Phi) is 3.18. The molecule has 0 aliphatic rings. The van der Waals surface area contributed by atoms with Gasteiger partial charge < -0.3 is 0 Å². The topological polar surface area (TPSA) is 34.4 Å². The highest BCUT2D eigenvalue weighted by molar-refractivity contribution is 7.17. The molecule has 1 aromatic carbocycles. The molecule has 0 amide bonds. The zero-order valence-corrected chi connectivity index (χ0v) is 12.6. The summed E-state index contributed by atoms with van der Waals surface area (Å²) < 4.78 is 1.94. The van der Waals surface area contributed by atoms with Gasteiger partial charge in [0.25, 0.3) is 0 Å². The maximum atomic E-state index is 11.0. The number of aryl methyl sites for hydroxylation is 3. The average Bonchev–Trinajstić information content (AvgIpc) is 2.96. The van der Waals surface area contributed by atoms with E-state index in [0.717, 1.165) is 23.4 Å². The molecule has 0 radical (unpaired) electrons. The first-order valence-electron chi connectivity index (χ1n) is 6.57. The van der Waals surface area contributed by atoms with Crippen molar-refractivity contribution in [3.8, 4) is 0 Å². The predicted octanol–water partition coefficient (Wildman–Crippen LogP) is 3.72. The molecule has 20 heavy (non-hydrogen) atoms. The molecule has 102 valence electrons. The average molecular weight is 284 g/mol. The van der Waals surface area contributed by atoms with E-state index in [1.54, 1.807) is 17.5 Å². The summed E-state index contributed by atoms with van der Waals surface area (Å²) in [4.78, 5) is 17.5. The zero-order valence-electron chi connectivity index (χ0n) is 11.8. The van der Waals surface area contributed by atoms with Crippen LogP contribution in [0.1, 0.15) is 37.7 Å². The van der Waals surface area contributed by atoms with Crippen LogP contribution in [0.15, 0.2) is 24.4 Å². The molecule has 0 atom stereocenters. The minimum Gasteiger partial charge on any atom is -0.296 e. The molecule has 0 spiro atoms. The molecule has 0 aliphatic carbocycles. The predicted molar refractivity (Wildman–Crippen MR) is 81.9 cm³/mol. The quantitative estimate of drug-likeness (QED) is 0.687. The lowest BCUT2D eigenvalue weighted by Gasteiger charge is -2.05. The van der Waals surface area contributed by atoms with E-state index in [0.29, 0.717) is 5.69 Å². The largest absolute Gasteiger partial charge is 0.296 e. The van der Waals surface area contributed by atoms with Crippen molar-refractivity contribution >= 4 is 22.6 Å². The number of hydrogen-bond acceptors (Lipinski definition) is 3. The van der Waals surface area contributed by atoms with E-state index in [1.165, 1.54) is 21.6 Å². The first-order chi connectivity index (χ1) is 9.60. The summed E-state index contributed by atoms with van der Waals surface area (Å²) >= 11 is 1.66. The fraction of sp³-hybridized carbons (Fsp3) is 0.250. The van der Waals surface area contributed by atoms with E-state index in [4.69, 9.17) is 0 Å². The van der Waals surface area contributed by atoms with E-state index < -0.39 is 0 Å². The summed E-state index contributed by atoms with van der Waals surface area (Å²) in [6.07, 6.45) is 3.38. The Hall–Kier alpha value is -1.94. The Bertz CT molecular complexity index is 798. The fourth-order valence-corrected chi connectivity index (χ4v) is 3.55. The Morgan fingerprint density at radius 2 is 2.05 bits per heavy atom. The lowest BCUT2D eigenvalue weighted by molar-refractivity contribution is 0.111. The third-order valence-corrected chi connectivity index (χ3v) is 4.92. The highest BCUT2D eigenvalue weighted by Crippen LogP contribution is 2.26. The summed E-state index contributed by atoms with van der Waals surface area (Å²) in [7, 11) is 0. The van der Waals surface area contributed by atoms with Gasteiger partial charge >= 0.3 is 0 Å². The lowest BCUT2D eigenvalue weighted by Crippen LogP contribution is -1.95. The minimum atomic E-state index is 0.625. The Morgan fingerprint density at radius 3 is 2.75 bits per heavy atom. The second kappa shape index (κ2) is 4.87. The number of aromatic nitrogens is 2. The van der Waals surface area contributed by atoms with Crippen molar-refractivity contribution in [1.82, 2.24) is 9.38 Å². The zero-order chi connectivity index (χ0) is 14.3. The van der Waals surface area contributed by atoms with Crippen molar-refractivity contribution in [1.29, 1.82) is 0 Å². The molecule has 2 aromatic heterocycles. The molecule has 0 fully saturated rings. The second-order valence-electron chi connectivity index (χ2n) is 5.12. The van der Waals surface area contributed by atoms with E-state index in [1.807, 2.05) is 4.40 Å². The van der Waals surface area contributed by atoms with Crippen LogP contribution in [0.3, 0.4) is 0 Å². The normalized spacial score (nSPS) is 11.2. The van der Waals surface area contributed by atoms with Crippen LogP contribution >= 0.6 is 11.3 Å². The molecule has 0 bridgehead atoms. The molecule has 3 aromatic rings. The van der Waals surface area contributed by atoms with Gasteiger partial charge in [0, 0.05) is 17.0 Å². The molecular formula is C16H16N2OS. The Balaban J connectivity index is 2.02. The van der Waals surface area contributed by atoms with Crippen molar-refractivity contribution in [3.05, 3.63) is 57.4 Å². The molecule has 0 unspecified atom stereocenters. The lowest BCUT2D eigenvalue weighted by atomic mass is 10.0. The van der Waals surface area contributed by atoms with E-state index in [9.17, 15) is 4.79 Å². The second-order valence-corrected chi connectivity index (χ2v) is 6.19. The van der Waals surface area contributed by atoms with Gasteiger partial charge in [-0.15, -0.1) is 11.3 Å². The first-order valence-corrected chi connectivity index (χ1v) is 7.39. The summed E-state index contributed by atoms with van der Waals surface area (Å²) in [5.74, 6) is 0. The summed E-state index contributed by atoms with van der Waals surface area (Å²) in [5, 5.41) is 0. The van der Waals surface area contributed by atoms with Crippen LogP contribution in [0.25, 0.3) is 4.96 Å². The maximum absolute atomic E-state index is 11.0. The van der Waals surface area contributed by atoms with Gasteiger partial charge in [0.05, 0.1) is 6.20 Å².